The van der Waals surface area contributed by atoms with Gasteiger partial charge in [0.15, 0.2) is 0 Å². The third-order valence-corrected chi connectivity index (χ3v) is 4.91. The van der Waals surface area contributed by atoms with Gasteiger partial charge >= 0.3 is 0 Å². The van der Waals surface area contributed by atoms with Crippen LogP contribution in [0, 0.1) is 5.41 Å². The number of halogens is 1. The Morgan fingerprint density at radius 3 is 2.82 bits per heavy atom. The number of aromatic nitrogens is 2. The Morgan fingerprint density at radius 2 is 2.05 bits per heavy atom. The number of para-hydroxylation sites is 1. The van der Waals surface area contributed by atoms with E-state index in [1.54, 1.807) is 0 Å². The second kappa shape index (κ2) is 6.41. The van der Waals surface area contributed by atoms with Crippen LogP contribution in [0.2, 0.25) is 0 Å². The smallest absolute Gasteiger partial charge is 0.0645 e. The summed E-state index contributed by atoms with van der Waals surface area (Å²) in [7, 11) is 0. The highest BCUT2D eigenvalue weighted by Gasteiger charge is 2.40. The van der Waals surface area contributed by atoms with Crippen LogP contribution < -0.4 is 5.32 Å². The van der Waals surface area contributed by atoms with Gasteiger partial charge in [-0.25, -0.2) is 4.68 Å². The number of hydrogen-bond acceptors (Lipinski definition) is 3. The van der Waals surface area contributed by atoms with Crippen molar-refractivity contribution in [3.63, 3.8) is 0 Å². The highest BCUT2D eigenvalue weighted by atomic mass is 35.5. The Labute approximate surface area is 137 Å². The molecule has 1 aromatic heterocycles. The molecule has 1 atom stereocenters. The summed E-state index contributed by atoms with van der Waals surface area (Å²) in [5, 5.41) is 8.02. The molecule has 0 amide bonds. The fourth-order valence-electron chi connectivity index (χ4n) is 3.73. The summed E-state index contributed by atoms with van der Waals surface area (Å²) in [6.07, 6.45) is 6.84. The van der Waals surface area contributed by atoms with Crippen molar-refractivity contribution in [3.05, 3.63) is 48.3 Å². The lowest BCUT2D eigenvalue weighted by molar-refractivity contribution is 0.268. The Bertz CT molecular complexity index is 604. The Kier molecular flexibility index (Phi) is 4.52. The van der Waals surface area contributed by atoms with Crippen LogP contribution in [0.3, 0.4) is 0 Å². The minimum absolute atomic E-state index is 0. The molecule has 4 rings (SSSR count). The van der Waals surface area contributed by atoms with Crippen LogP contribution in [-0.4, -0.2) is 40.9 Å². The van der Waals surface area contributed by atoms with Gasteiger partial charge in [0.25, 0.3) is 0 Å². The number of nitrogens with one attached hydrogen (secondary N) is 1. The standard InChI is InChI=1S/C17H22N4.ClH/c1-2-4-16(5-3-1)21-12-15(10-19-21)11-20-9-7-17(14-20)6-8-18-13-17;/h1-5,10,12,18H,6-9,11,13-14H2;1H. The molecule has 2 aliphatic rings. The molecule has 5 heteroatoms. The van der Waals surface area contributed by atoms with Crippen molar-refractivity contribution in [2.24, 2.45) is 5.41 Å². The summed E-state index contributed by atoms with van der Waals surface area (Å²) >= 11 is 0. The van der Waals surface area contributed by atoms with Gasteiger partial charge in [-0.3, -0.25) is 4.90 Å². The first-order valence-corrected chi connectivity index (χ1v) is 7.85. The zero-order valence-electron chi connectivity index (χ0n) is 12.7. The number of rotatable bonds is 3. The van der Waals surface area contributed by atoms with Crippen molar-refractivity contribution in [3.8, 4) is 5.69 Å². The van der Waals surface area contributed by atoms with E-state index in [9.17, 15) is 0 Å². The fraction of sp³-hybridized carbons (Fsp3) is 0.471. The fourth-order valence-corrected chi connectivity index (χ4v) is 3.73. The van der Waals surface area contributed by atoms with E-state index in [2.05, 4.69) is 33.6 Å². The van der Waals surface area contributed by atoms with E-state index < -0.39 is 0 Å². The molecule has 1 N–H and O–H groups in total. The predicted molar refractivity (Wildman–Crippen MR) is 90.6 cm³/mol. The van der Waals surface area contributed by atoms with E-state index in [0.29, 0.717) is 5.41 Å². The zero-order chi connectivity index (χ0) is 14.1. The van der Waals surface area contributed by atoms with Gasteiger partial charge in [-0.05, 0) is 43.5 Å². The monoisotopic (exact) mass is 318 g/mol. The topological polar surface area (TPSA) is 33.1 Å². The summed E-state index contributed by atoms with van der Waals surface area (Å²) in [4.78, 5) is 2.58. The largest absolute Gasteiger partial charge is 0.316 e. The molecule has 1 unspecified atom stereocenters. The molecule has 22 heavy (non-hydrogen) atoms. The van der Waals surface area contributed by atoms with Crippen molar-refractivity contribution in [1.82, 2.24) is 20.0 Å². The third kappa shape index (κ3) is 3.05. The summed E-state index contributed by atoms with van der Waals surface area (Å²) < 4.78 is 1.97. The van der Waals surface area contributed by atoms with Gasteiger partial charge in [-0.15, -0.1) is 12.4 Å². The summed E-state index contributed by atoms with van der Waals surface area (Å²) in [6.45, 7) is 5.87. The maximum Gasteiger partial charge on any atom is 0.0645 e. The van der Waals surface area contributed by atoms with Crippen LogP contribution in [0.1, 0.15) is 18.4 Å². The van der Waals surface area contributed by atoms with Crippen molar-refractivity contribution >= 4 is 12.4 Å². The van der Waals surface area contributed by atoms with E-state index in [1.165, 1.54) is 44.6 Å². The first kappa shape index (κ1) is 15.5. The van der Waals surface area contributed by atoms with E-state index in [1.807, 2.05) is 29.1 Å². The average molecular weight is 319 g/mol. The Hall–Kier alpha value is -1.36. The first-order chi connectivity index (χ1) is 10.3. The lowest BCUT2D eigenvalue weighted by Crippen LogP contribution is -2.28. The summed E-state index contributed by atoms with van der Waals surface area (Å²) in [5.41, 5.74) is 2.98. The quantitative estimate of drug-likeness (QED) is 0.944. The minimum atomic E-state index is 0. The lowest BCUT2D eigenvalue weighted by atomic mass is 9.87. The van der Waals surface area contributed by atoms with Gasteiger partial charge in [0.2, 0.25) is 0 Å². The van der Waals surface area contributed by atoms with Gasteiger partial charge in [-0.1, -0.05) is 18.2 Å². The molecule has 0 aliphatic carbocycles. The molecule has 3 heterocycles. The summed E-state index contributed by atoms with van der Waals surface area (Å²) in [6, 6.07) is 10.3. The van der Waals surface area contributed by atoms with Crippen LogP contribution in [0.15, 0.2) is 42.7 Å². The molecular formula is C17H23ClN4. The lowest BCUT2D eigenvalue weighted by Gasteiger charge is -2.22. The molecule has 2 saturated heterocycles. The molecule has 2 aliphatic heterocycles. The molecule has 118 valence electrons. The number of benzene rings is 1. The average Bonchev–Trinajstić information content (AvgIpc) is 3.24. The molecule has 0 saturated carbocycles. The molecule has 1 aromatic carbocycles. The first-order valence-electron chi connectivity index (χ1n) is 7.85. The van der Waals surface area contributed by atoms with Gasteiger partial charge in [0.1, 0.15) is 0 Å². The van der Waals surface area contributed by atoms with E-state index in [4.69, 9.17) is 0 Å². The molecule has 0 bridgehead atoms. The van der Waals surface area contributed by atoms with Crippen molar-refractivity contribution < 1.29 is 0 Å². The van der Waals surface area contributed by atoms with E-state index in [-0.39, 0.29) is 12.4 Å². The van der Waals surface area contributed by atoms with Gasteiger partial charge < -0.3 is 5.32 Å². The maximum absolute atomic E-state index is 4.50. The second-order valence-corrected chi connectivity index (χ2v) is 6.52. The SMILES string of the molecule is Cl.c1ccc(-n2cc(CN3CCC4(CCNC4)C3)cn2)cc1. The van der Waals surface area contributed by atoms with Crippen LogP contribution in [0.4, 0.5) is 0 Å². The Balaban J connectivity index is 0.00000144. The van der Waals surface area contributed by atoms with Crippen molar-refractivity contribution in [2.45, 2.75) is 19.4 Å². The zero-order valence-corrected chi connectivity index (χ0v) is 13.6. The predicted octanol–water partition coefficient (Wildman–Crippen LogP) is 2.48. The molecule has 2 fully saturated rings. The maximum atomic E-state index is 4.50. The molecule has 0 radical (unpaired) electrons. The van der Waals surface area contributed by atoms with Crippen LogP contribution in [0.5, 0.6) is 0 Å². The van der Waals surface area contributed by atoms with Gasteiger partial charge in [0, 0.05) is 31.4 Å². The highest BCUT2D eigenvalue weighted by molar-refractivity contribution is 5.85. The molecule has 1 spiro atoms. The third-order valence-electron chi connectivity index (χ3n) is 4.91. The van der Waals surface area contributed by atoms with Crippen LogP contribution >= 0.6 is 12.4 Å². The Morgan fingerprint density at radius 1 is 1.18 bits per heavy atom. The summed E-state index contributed by atoms with van der Waals surface area (Å²) in [5.74, 6) is 0. The van der Waals surface area contributed by atoms with Crippen molar-refractivity contribution in [2.75, 3.05) is 26.2 Å². The second-order valence-electron chi connectivity index (χ2n) is 6.52. The number of nitrogens with zero attached hydrogens (tertiary/aromatic N) is 3. The van der Waals surface area contributed by atoms with E-state index >= 15 is 0 Å². The van der Waals surface area contributed by atoms with Crippen LogP contribution in [-0.2, 0) is 6.54 Å². The highest BCUT2D eigenvalue weighted by Crippen LogP contribution is 2.36. The molecule has 2 aromatic rings. The minimum Gasteiger partial charge on any atom is -0.316 e. The van der Waals surface area contributed by atoms with E-state index in [0.717, 1.165) is 12.2 Å². The van der Waals surface area contributed by atoms with Gasteiger partial charge in [0.05, 0.1) is 11.9 Å². The number of hydrogen-bond donors (Lipinski definition) is 1. The molecular weight excluding hydrogens is 296 g/mol. The molecule has 4 nitrogen and oxygen atoms in total. The van der Waals surface area contributed by atoms with Gasteiger partial charge in [-0.2, -0.15) is 5.10 Å². The number of likely N-dealkylation sites (tertiary alicyclic amines) is 1. The normalized spacial score (nSPS) is 24.7. The van der Waals surface area contributed by atoms with Crippen molar-refractivity contribution in [1.29, 1.82) is 0 Å². The van der Waals surface area contributed by atoms with Crippen LogP contribution in [0.25, 0.3) is 5.69 Å².